The van der Waals surface area contributed by atoms with Crippen molar-refractivity contribution in [1.29, 1.82) is 0 Å². The van der Waals surface area contributed by atoms with Gasteiger partial charge in [-0.3, -0.25) is 9.58 Å². The SMILES string of the molecule is Cc1ccnc(Nc2cccc(-c3cnn(CN4CCOC4=O)c3)c2)n1. The van der Waals surface area contributed by atoms with Crippen LogP contribution in [0.1, 0.15) is 5.69 Å². The monoisotopic (exact) mass is 350 g/mol. The van der Waals surface area contributed by atoms with Gasteiger partial charge in [-0.25, -0.2) is 14.8 Å². The van der Waals surface area contributed by atoms with Crippen LogP contribution in [-0.4, -0.2) is 43.9 Å². The van der Waals surface area contributed by atoms with Gasteiger partial charge in [-0.2, -0.15) is 5.10 Å². The molecular weight excluding hydrogens is 332 g/mol. The summed E-state index contributed by atoms with van der Waals surface area (Å²) in [6.45, 7) is 3.33. The molecule has 1 amide bonds. The van der Waals surface area contributed by atoms with E-state index in [4.69, 9.17) is 4.74 Å². The van der Waals surface area contributed by atoms with Gasteiger partial charge in [0.1, 0.15) is 13.3 Å². The zero-order valence-corrected chi connectivity index (χ0v) is 14.3. The van der Waals surface area contributed by atoms with Gasteiger partial charge in [0.15, 0.2) is 0 Å². The Balaban J connectivity index is 1.50. The van der Waals surface area contributed by atoms with Crippen LogP contribution in [0, 0.1) is 6.92 Å². The minimum Gasteiger partial charge on any atom is -0.447 e. The number of hydrogen-bond acceptors (Lipinski definition) is 6. The molecule has 26 heavy (non-hydrogen) atoms. The molecule has 0 saturated carbocycles. The van der Waals surface area contributed by atoms with Crippen LogP contribution in [0.5, 0.6) is 0 Å². The minimum atomic E-state index is -0.300. The summed E-state index contributed by atoms with van der Waals surface area (Å²) in [4.78, 5) is 21.7. The van der Waals surface area contributed by atoms with Gasteiger partial charge in [-0.1, -0.05) is 12.1 Å². The Hall–Kier alpha value is -3.42. The van der Waals surface area contributed by atoms with E-state index in [9.17, 15) is 4.79 Å². The minimum absolute atomic E-state index is 0.300. The van der Waals surface area contributed by atoms with E-state index in [0.717, 1.165) is 22.5 Å². The number of benzene rings is 1. The summed E-state index contributed by atoms with van der Waals surface area (Å²) in [6, 6.07) is 9.79. The average Bonchev–Trinajstić information content (AvgIpc) is 3.25. The fourth-order valence-electron chi connectivity index (χ4n) is 2.73. The van der Waals surface area contributed by atoms with Crippen molar-refractivity contribution < 1.29 is 9.53 Å². The Bertz CT molecular complexity index is 939. The highest BCUT2D eigenvalue weighted by molar-refractivity contribution is 5.69. The van der Waals surface area contributed by atoms with E-state index >= 15 is 0 Å². The van der Waals surface area contributed by atoms with Gasteiger partial charge in [-0.15, -0.1) is 0 Å². The van der Waals surface area contributed by atoms with Gasteiger partial charge < -0.3 is 10.1 Å². The quantitative estimate of drug-likeness (QED) is 0.762. The summed E-state index contributed by atoms with van der Waals surface area (Å²) in [7, 11) is 0. The van der Waals surface area contributed by atoms with Crippen molar-refractivity contribution in [3.8, 4) is 11.1 Å². The summed E-state index contributed by atoms with van der Waals surface area (Å²) in [5.74, 6) is 0.561. The number of aromatic nitrogens is 4. The van der Waals surface area contributed by atoms with Crippen molar-refractivity contribution in [3.05, 3.63) is 54.6 Å². The van der Waals surface area contributed by atoms with Crippen LogP contribution in [0.25, 0.3) is 11.1 Å². The number of carbonyl (C=O) groups excluding carboxylic acids is 1. The summed E-state index contributed by atoms with van der Waals surface area (Å²) in [5, 5.41) is 7.55. The molecule has 1 aliphatic rings. The molecule has 132 valence electrons. The Kier molecular flexibility index (Phi) is 4.22. The van der Waals surface area contributed by atoms with E-state index in [2.05, 4.69) is 20.4 Å². The Labute approximate surface area is 150 Å². The van der Waals surface area contributed by atoms with Gasteiger partial charge in [0.25, 0.3) is 0 Å². The second-order valence-electron chi connectivity index (χ2n) is 6.02. The van der Waals surface area contributed by atoms with Crippen molar-refractivity contribution in [1.82, 2.24) is 24.6 Å². The van der Waals surface area contributed by atoms with E-state index in [1.54, 1.807) is 22.0 Å². The molecule has 1 fully saturated rings. The number of hydrogen-bond donors (Lipinski definition) is 1. The van der Waals surface area contributed by atoms with E-state index in [0.29, 0.717) is 25.8 Å². The van der Waals surface area contributed by atoms with Gasteiger partial charge in [0.2, 0.25) is 5.95 Å². The fourth-order valence-corrected chi connectivity index (χ4v) is 2.73. The first kappa shape index (κ1) is 16.1. The molecule has 0 unspecified atom stereocenters. The zero-order valence-electron chi connectivity index (χ0n) is 14.3. The van der Waals surface area contributed by atoms with Crippen LogP contribution >= 0.6 is 0 Å². The number of rotatable bonds is 5. The van der Waals surface area contributed by atoms with Gasteiger partial charge in [0.05, 0.1) is 12.7 Å². The highest BCUT2D eigenvalue weighted by Gasteiger charge is 2.22. The third-order valence-electron chi connectivity index (χ3n) is 4.04. The molecule has 1 aromatic carbocycles. The van der Waals surface area contributed by atoms with Crippen LogP contribution in [0.4, 0.5) is 16.4 Å². The number of carbonyl (C=O) groups is 1. The number of ether oxygens (including phenoxy) is 1. The van der Waals surface area contributed by atoms with E-state index < -0.39 is 0 Å². The van der Waals surface area contributed by atoms with Crippen LogP contribution in [0.3, 0.4) is 0 Å². The molecule has 0 aliphatic carbocycles. The Morgan fingerprint density at radius 1 is 1.27 bits per heavy atom. The first-order chi connectivity index (χ1) is 12.7. The maximum absolute atomic E-state index is 11.5. The molecule has 0 atom stereocenters. The van der Waals surface area contributed by atoms with Crippen LogP contribution in [-0.2, 0) is 11.4 Å². The van der Waals surface area contributed by atoms with E-state index in [1.807, 2.05) is 43.5 Å². The number of nitrogens with zero attached hydrogens (tertiary/aromatic N) is 5. The lowest BCUT2D eigenvalue weighted by Gasteiger charge is -2.11. The van der Waals surface area contributed by atoms with Gasteiger partial charge in [0, 0.05) is 29.3 Å². The smallest absolute Gasteiger partial charge is 0.411 e. The van der Waals surface area contributed by atoms with Crippen molar-refractivity contribution in [2.45, 2.75) is 13.6 Å². The highest BCUT2D eigenvalue weighted by Crippen LogP contribution is 2.23. The average molecular weight is 350 g/mol. The number of anilines is 2. The van der Waals surface area contributed by atoms with Crippen molar-refractivity contribution in [3.63, 3.8) is 0 Å². The topological polar surface area (TPSA) is 85.2 Å². The number of nitrogens with one attached hydrogen (secondary N) is 1. The standard InChI is InChI=1S/C18H18N6O2/c1-13-5-6-19-17(21-13)22-16-4-2-3-14(9-16)15-10-20-24(11-15)12-23-7-8-26-18(23)25/h2-6,9-11H,7-8,12H2,1H3,(H,19,21,22). The number of aryl methyl sites for hydroxylation is 1. The second-order valence-corrected chi connectivity index (χ2v) is 6.02. The lowest BCUT2D eigenvalue weighted by atomic mass is 10.1. The molecular formula is C18H18N6O2. The third kappa shape index (κ3) is 3.49. The fraction of sp³-hybridized carbons (Fsp3) is 0.222. The Morgan fingerprint density at radius 2 is 2.19 bits per heavy atom. The molecule has 0 bridgehead atoms. The molecule has 8 heteroatoms. The molecule has 2 aromatic heterocycles. The Morgan fingerprint density at radius 3 is 3.00 bits per heavy atom. The first-order valence-electron chi connectivity index (χ1n) is 8.29. The maximum atomic E-state index is 11.5. The van der Waals surface area contributed by atoms with E-state index in [1.165, 1.54) is 0 Å². The summed E-state index contributed by atoms with van der Waals surface area (Å²) in [5.41, 5.74) is 3.77. The highest BCUT2D eigenvalue weighted by atomic mass is 16.6. The molecule has 1 N–H and O–H groups in total. The second kappa shape index (κ2) is 6.83. The molecule has 3 heterocycles. The molecule has 3 aromatic rings. The zero-order chi connectivity index (χ0) is 17.9. The first-order valence-corrected chi connectivity index (χ1v) is 8.29. The molecule has 0 radical (unpaired) electrons. The normalized spacial score (nSPS) is 13.7. The summed E-state index contributed by atoms with van der Waals surface area (Å²) >= 11 is 0. The molecule has 1 saturated heterocycles. The predicted octanol–water partition coefficient (Wildman–Crippen LogP) is 2.80. The molecule has 1 aliphatic heterocycles. The van der Waals surface area contributed by atoms with Crippen LogP contribution < -0.4 is 5.32 Å². The van der Waals surface area contributed by atoms with Gasteiger partial charge in [-0.05, 0) is 30.7 Å². The van der Waals surface area contributed by atoms with Gasteiger partial charge >= 0.3 is 6.09 Å². The van der Waals surface area contributed by atoms with E-state index in [-0.39, 0.29) is 6.09 Å². The molecule has 0 spiro atoms. The largest absolute Gasteiger partial charge is 0.447 e. The number of amides is 1. The van der Waals surface area contributed by atoms with Crippen LogP contribution in [0.2, 0.25) is 0 Å². The van der Waals surface area contributed by atoms with Crippen molar-refractivity contribution in [2.24, 2.45) is 0 Å². The number of cyclic esters (lactones) is 1. The van der Waals surface area contributed by atoms with Crippen LogP contribution in [0.15, 0.2) is 48.9 Å². The lowest BCUT2D eigenvalue weighted by molar-refractivity contribution is 0.150. The van der Waals surface area contributed by atoms with Crippen molar-refractivity contribution in [2.75, 3.05) is 18.5 Å². The van der Waals surface area contributed by atoms with Crippen molar-refractivity contribution >= 4 is 17.7 Å². The maximum Gasteiger partial charge on any atom is 0.411 e. The summed E-state index contributed by atoms with van der Waals surface area (Å²) < 4.78 is 6.66. The predicted molar refractivity (Wildman–Crippen MR) is 95.8 cm³/mol. The lowest BCUT2D eigenvalue weighted by Crippen LogP contribution is -2.27. The molecule has 8 nitrogen and oxygen atoms in total. The summed E-state index contributed by atoms with van der Waals surface area (Å²) in [6.07, 6.45) is 5.12. The molecule has 4 rings (SSSR count). The third-order valence-corrected chi connectivity index (χ3v) is 4.04.